The summed E-state index contributed by atoms with van der Waals surface area (Å²) in [5.74, 6) is -0.267. The Morgan fingerprint density at radius 2 is 1.62 bits per heavy atom. The molecule has 0 spiro atoms. The average Bonchev–Trinajstić information content (AvgIpc) is 3.26. The third-order valence-corrected chi connectivity index (χ3v) is 6.50. The van der Waals surface area contributed by atoms with Crippen molar-refractivity contribution in [3.63, 3.8) is 0 Å². The number of carbonyl (C=O) groups is 1. The minimum absolute atomic E-state index is 0.00326. The van der Waals surface area contributed by atoms with Crippen LogP contribution in [0.2, 0.25) is 0 Å². The van der Waals surface area contributed by atoms with Crippen LogP contribution in [-0.4, -0.2) is 35.9 Å². The molecule has 0 fully saturated rings. The van der Waals surface area contributed by atoms with Gasteiger partial charge in [0.1, 0.15) is 0 Å². The number of amides is 1. The van der Waals surface area contributed by atoms with Crippen molar-refractivity contribution in [1.82, 2.24) is 25.0 Å². The smallest absolute Gasteiger partial charge is 0.240 e. The van der Waals surface area contributed by atoms with Crippen LogP contribution in [0, 0.1) is 0 Å². The topological polar surface area (TPSA) is 106 Å². The molecule has 0 aliphatic rings. The first-order chi connectivity index (χ1) is 15.1. The third kappa shape index (κ3) is 6.48. The van der Waals surface area contributed by atoms with Crippen LogP contribution in [0.25, 0.3) is 0 Å². The van der Waals surface area contributed by atoms with Crippen LogP contribution in [0.4, 0.5) is 0 Å². The Morgan fingerprint density at radius 1 is 1.00 bits per heavy atom. The monoisotopic (exact) mass is 455 g/mol. The molecule has 0 radical (unpaired) electrons. The van der Waals surface area contributed by atoms with Crippen molar-refractivity contribution in [2.24, 2.45) is 0 Å². The van der Waals surface area contributed by atoms with E-state index in [1.807, 2.05) is 42.5 Å². The van der Waals surface area contributed by atoms with Gasteiger partial charge in [0.15, 0.2) is 0 Å². The Morgan fingerprint density at radius 3 is 2.22 bits per heavy atom. The van der Waals surface area contributed by atoms with E-state index in [0.717, 1.165) is 11.1 Å². The van der Waals surface area contributed by atoms with E-state index < -0.39 is 10.0 Å². The SMILES string of the molecule is CC(C)(C)c1ccc(S(=O)(=O)NCCC(=O)NC(Cn2nccn2)c2ccccc2)cc1. The Hall–Kier alpha value is -3.04. The van der Waals surface area contributed by atoms with E-state index in [1.54, 1.807) is 24.5 Å². The zero-order valence-corrected chi connectivity index (χ0v) is 19.3. The first-order valence-corrected chi connectivity index (χ1v) is 11.9. The Balaban J connectivity index is 1.58. The summed E-state index contributed by atoms with van der Waals surface area (Å²) in [6.07, 6.45) is 3.16. The number of hydrogen-bond acceptors (Lipinski definition) is 5. The lowest BCUT2D eigenvalue weighted by molar-refractivity contribution is -0.121. The quantitative estimate of drug-likeness (QED) is 0.516. The van der Waals surface area contributed by atoms with Gasteiger partial charge in [-0.1, -0.05) is 63.2 Å². The normalized spacial score (nSPS) is 13.0. The predicted molar refractivity (Wildman–Crippen MR) is 122 cm³/mol. The molecule has 1 atom stereocenters. The molecule has 0 aliphatic carbocycles. The molecule has 170 valence electrons. The van der Waals surface area contributed by atoms with Gasteiger partial charge in [-0.3, -0.25) is 4.79 Å². The Labute approximate surface area is 189 Å². The fourth-order valence-electron chi connectivity index (χ4n) is 3.20. The fourth-order valence-corrected chi connectivity index (χ4v) is 4.24. The van der Waals surface area contributed by atoms with E-state index in [2.05, 4.69) is 41.0 Å². The highest BCUT2D eigenvalue weighted by Crippen LogP contribution is 2.23. The van der Waals surface area contributed by atoms with E-state index in [-0.39, 0.29) is 35.2 Å². The zero-order chi connectivity index (χ0) is 23.2. The van der Waals surface area contributed by atoms with Crippen molar-refractivity contribution in [3.05, 3.63) is 78.1 Å². The average molecular weight is 456 g/mol. The number of sulfonamides is 1. The van der Waals surface area contributed by atoms with Crippen LogP contribution < -0.4 is 10.0 Å². The Bertz CT molecular complexity index is 1110. The standard InChI is InChI=1S/C23H29N5O3S/c1-23(2,3)19-9-11-20(12-10-19)32(30,31)26-14-13-22(29)27-21(17-28-24-15-16-25-28)18-7-5-4-6-8-18/h4-12,15-16,21,26H,13-14,17H2,1-3H3,(H,27,29). The van der Waals surface area contributed by atoms with Gasteiger partial charge in [-0.15, -0.1) is 0 Å². The minimum atomic E-state index is -3.69. The summed E-state index contributed by atoms with van der Waals surface area (Å²) in [4.78, 5) is 14.2. The van der Waals surface area contributed by atoms with Crippen LogP contribution in [-0.2, 0) is 26.8 Å². The number of nitrogens with zero attached hydrogens (tertiary/aromatic N) is 3. The summed E-state index contributed by atoms with van der Waals surface area (Å²) in [5, 5.41) is 11.1. The molecular weight excluding hydrogens is 426 g/mol. The van der Waals surface area contributed by atoms with Crippen LogP contribution >= 0.6 is 0 Å². The summed E-state index contributed by atoms with van der Waals surface area (Å²) < 4.78 is 27.6. The maximum absolute atomic E-state index is 12.6. The van der Waals surface area contributed by atoms with Gasteiger partial charge < -0.3 is 5.32 Å². The molecule has 2 aromatic carbocycles. The third-order valence-electron chi connectivity index (χ3n) is 5.02. The number of carbonyl (C=O) groups excluding carboxylic acids is 1. The van der Waals surface area contributed by atoms with Crippen LogP contribution in [0.15, 0.2) is 71.9 Å². The largest absolute Gasteiger partial charge is 0.347 e. The molecule has 1 aromatic heterocycles. The van der Waals surface area contributed by atoms with E-state index in [4.69, 9.17) is 0 Å². The zero-order valence-electron chi connectivity index (χ0n) is 18.5. The van der Waals surface area contributed by atoms with Gasteiger partial charge in [0.25, 0.3) is 0 Å². The van der Waals surface area contributed by atoms with E-state index in [0.29, 0.717) is 6.54 Å². The molecule has 1 unspecified atom stereocenters. The Kier molecular flexibility index (Phi) is 7.42. The molecule has 1 amide bonds. The van der Waals surface area contributed by atoms with Crippen molar-refractivity contribution in [2.75, 3.05) is 6.54 Å². The van der Waals surface area contributed by atoms with Crippen molar-refractivity contribution in [3.8, 4) is 0 Å². The molecule has 2 N–H and O–H groups in total. The maximum Gasteiger partial charge on any atom is 0.240 e. The van der Waals surface area contributed by atoms with Gasteiger partial charge in [-0.2, -0.15) is 15.0 Å². The summed E-state index contributed by atoms with van der Waals surface area (Å²) in [7, 11) is -3.69. The van der Waals surface area contributed by atoms with Gasteiger partial charge in [-0.05, 0) is 28.7 Å². The lowest BCUT2D eigenvalue weighted by atomic mass is 9.87. The van der Waals surface area contributed by atoms with Gasteiger partial charge >= 0.3 is 0 Å². The lowest BCUT2D eigenvalue weighted by Crippen LogP contribution is -2.35. The summed E-state index contributed by atoms with van der Waals surface area (Å²) in [6, 6.07) is 16.0. The summed E-state index contributed by atoms with van der Waals surface area (Å²) in [5.41, 5.74) is 1.90. The summed E-state index contributed by atoms with van der Waals surface area (Å²) >= 11 is 0. The second kappa shape index (κ2) is 10.1. The molecule has 32 heavy (non-hydrogen) atoms. The van der Waals surface area contributed by atoms with Crippen molar-refractivity contribution >= 4 is 15.9 Å². The second-order valence-electron chi connectivity index (χ2n) is 8.54. The van der Waals surface area contributed by atoms with Gasteiger partial charge in [-0.25, -0.2) is 13.1 Å². The van der Waals surface area contributed by atoms with Crippen LogP contribution in [0.5, 0.6) is 0 Å². The molecule has 1 heterocycles. The molecule has 0 bridgehead atoms. The molecule has 9 heteroatoms. The number of hydrogen-bond donors (Lipinski definition) is 2. The van der Waals surface area contributed by atoms with Crippen molar-refractivity contribution in [2.45, 2.75) is 50.1 Å². The molecular formula is C23H29N5O3S. The first kappa shape index (κ1) is 23.6. The molecule has 3 aromatic rings. The fraction of sp³-hybridized carbons (Fsp3) is 0.348. The van der Waals surface area contributed by atoms with E-state index >= 15 is 0 Å². The van der Waals surface area contributed by atoms with Crippen molar-refractivity contribution < 1.29 is 13.2 Å². The molecule has 0 saturated carbocycles. The van der Waals surface area contributed by atoms with Crippen molar-refractivity contribution in [1.29, 1.82) is 0 Å². The maximum atomic E-state index is 12.6. The minimum Gasteiger partial charge on any atom is -0.347 e. The predicted octanol–water partition coefficient (Wildman–Crippen LogP) is 2.80. The number of aromatic nitrogens is 3. The number of rotatable bonds is 9. The summed E-state index contributed by atoms with van der Waals surface area (Å²) in [6.45, 7) is 6.57. The molecule has 3 rings (SSSR count). The molecule has 0 saturated heterocycles. The second-order valence-corrected chi connectivity index (χ2v) is 10.3. The van der Waals surface area contributed by atoms with Crippen LogP contribution in [0.3, 0.4) is 0 Å². The van der Waals surface area contributed by atoms with Crippen LogP contribution in [0.1, 0.15) is 44.4 Å². The van der Waals surface area contributed by atoms with Gasteiger partial charge in [0.2, 0.25) is 15.9 Å². The molecule has 8 nitrogen and oxygen atoms in total. The molecule has 0 aliphatic heterocycles. The highest BCUT2D eigenvalue weighted by Gasteiger charge is 2.19. The first-order valence-electron chi connectivity index (χ1n) is 10.4. The highest BCUT2D eigenvalue weighted by atomic mass is 32.2. The van der Waals surface area contributed by atoms with Gasteiger partial charge in [0, 0.05) is 13.0 Å². The number of benzene rings is 2. The van der Waals surface area contributed by atoms with E-state index in [9.17, 15) is 13.2 Å². The van der Waals surface area contributed by atoms with E-state index in [1.165, 1.54) is 4.80 Å². The number of nitrogens with one attached hydrogen (secondary N) is 2. The van der Waals surface area contributed by atoms with Gasteiger partial charge in [0.05, 0.1) is 29.9 Å². The lowest BCUT2D eigenvalue weighted by Gasteiger charge is -2.19. The highest BCUT2D eigenvalue weighted by molar-refractivity contribution is 7.89.